The van der Waals surface area contributed by atoms with Crippen molar-refractivity contribution >= 4 is 64.6 Å². The van der Waals surface area contributed by atoms with Crippen molar-refractivity contribution in [2.75, 3.05) is 0 Å². The van der Waals surface area contributed by atoms with Crippen LogP contribution in [0.15, 0.2) is 164 Å². The summed E-state index contributed by atoms with van der Waals surface area (Å²) < 4.78 is 0. The minimum Gasteiger partial charge on any atom is -0.0776 e. The molecule has 0 aliphatic carbocycles. The van der Waals surface area contributed by atoms with Gasteiger partial charge in [-0.3, -0.25) is 0 Å². The fraction of sp³-hybridized carbons (Fsp3) is 0.208. The Balaban J connectivity index is 0. The van der Waals surface area contributed by atoms with E-state index in [1.807, 2.05) is 0 Å². The summed E-state index contributed by atoms with van der Waals surface area (Å²) in [5.74, 6) is 0. The maximum absolute atomic E-state index is 2.26. The Morgan fingerprint density at radius 1 is 0.226 bits per heavy atom. The molecule has 0 heterocycles. The zero-order valence-corrected chi connectivity index (χ0v) is 26.1. The lowest BCUT2D eigenvalue weighted by molar-refractivity contribution is 1.51. The fourth-order valence-electron chi connectivity index (χ4n) is 6.45. The zero-order valence-electron chi connectivity index (χ0n) is 26.1. The van der Waals surface area contributed by atoms with E-state index in [1.54, 1.807) is 0 Å². The highest BCUT2D eigenvalue weighted by atomic mass is 14.1. The highest BCUT2D eigenvalue weighted by Gasteiger charge is 2.02. The first-order chi connectivity index (χ1) is 22.0. The molecule has 0 N–H and O–H groups in total. The molecule has 0 spiro atoms. The third-order valence-corrected chi connectivity index (χ3v) is 8.81. The average Bonchev–Trinajstić information content (AvgIpc) is 3.08. The Kier molecular flexibility index (Phi) is 20.4. The van der Waals surface area contributed by atoms with Gasteiger partial charge in [0, 0.05) is 0 Å². The molecule has 0 amide bonds. The molecule has 0 saturated heterocycles. The van der Waals surface area contributed by atoms with Gasteiger partial charge in [-0.2, -0.15) is 0 Å². The van der Waals surface area contributed by atoms with Crippen LogP contribution in [0.2, 0.25) is 0 Å². The van der Waals surface area contributed by atoms with Gasteiger partial charge in [0.25, 0.3) is 0 Å². The normalized spacial score (nSPS) is 9.34. The standard InChI is InChI=1S/3C15H12.8CH4/c1-11-5-4-8-15-13(11)10-9-12-6-2-3-7-14(12)15;1-11-6-9-15-13(10-11)8-7-12-4-2-3-5-14(12)15;1-11-6-7-13-9-8-12-4-2-3-5-14(12)15(13)10-11;;;;;;;;/h3*2-10H,1H3;8*1H4. The number of benzene rings is 9. The molecule has 0 saturated carbocycles. The second kappa shape index (κ2) is 21.8. The molecule has 0 heteroatoms. The lowest BCUT2D eigenvalue weighted by Crippen LogP contribution is -1.80. The van der Waals surface area contributed by atoms with E-state index in [4.69, 9.17) is 0 Å². The van der Waals surface area contributed by atoms with E-state index in [2.05, 4.69) is 185 Å². The summed E-state index contributed by atoms with van der Waals surface area (Å²) in [7, 11) is 0. The van der Waals surface area contributed by atoms with Crippen molar-refractivity contribution in [1.82, 2.24) is 0 Å². The SMILES string of the molecule is C.C.C.C.C.C.C.C.Cc1ccc2c(ccc3ccccc32)c1.Cc1ccc2ccc3ccccc3c2c1.Cc1cccc2c1ccc1ccccc12. The molecule has 0 aliphatic heterocycles. The van der Waals surface area contributed by atoms with Crippen molar-refractivity contribution in [3.63, 3.8) is 0 Å². The lowest BCUT2D eigenvalue weighted by atomic mass is 9.99. The molecule has 0 aromatic heterocycles. The molecule has 9 rings (SSSR count). The predicted octanol–water partition coefficient (Wildman–Crippen LogP) is 18.0. The molecule has 0 nitrogen and oxygen atoms in total. The second-order valence-corrected chi connectivity index (χ2v) is 12.0. The van der Waals surface area contributed by atoms with Crippen LogP contribution in [0.3, 0.4) is 0 Å². The molecule has 0 fully saturated rings. The van der Waals surface area contributed by atoms with E-state index in [1.165, 1.54) is 81.3 Å². The number of rotatable bonds is 0. The first-order valence-corrected chi connectivity index (χ1v) is 15.7. The quantitative estimate of drug-likeness (QED) is 0.138. The van der Waals surface area contributed by atoms with Gasteiger partial charge in [0.15, 0.2) is 0 Å². The summed E-state index contributed by atoms with van der Waals surface area (Å²) >= 11 is 0. The smallest absolute Gasteiger partial charge is 0.0103 e. The first kappa shape index (κ1) is 49.7. The number of hydrogen-bond donors (Lipinski definition) is 0. The first-order valence-electron chi connectivity index (χ1n) is 15.7. The van der Waals surface area contributed by atoms with Crippen LogP contribution in [0.5, 0.6) is 0 Å². The van der Waals surface area contributed by atoms with E-state index in [0.717, 1.165) is 0 Å². The molecule has 0 atom stereocenters. The van der Waals surface area contributed by atoms with E-state index >= 15 is 0 Å². The molecule has 0 bridgehead atoms. The molecule has 0 unspecified atom stereocenters. The fourth-order valence-corrected chi connectivity index (χ4v) is 6.45. The molecule has 280 valence electrons. The van der Waals surface area contributed by atoms with Crippen LogP contribution in [-0.4, -0.2) is 0 Å². The van der Waals surface area contributed by atoms with Gasteiger partial charge in [0.05, 0.1) is 0 Å². The maximum Gasteiger partial charge on any atom is -0.0103 e. The Morgan fingerprint density at radius 3 is 1.13 bits per heavy atom. The van der Waals surface area contributed by atoms with Gasteiger partial charge in [-0.25, -0.2) is 0 Å². The molecule has 0 radical (unpaired) electrons. The summed E-state index contributed by atoms with van der Waals surface area (Å²) in [4.78, 5) is 0. The average molecular weight is 705 g/mol. The number of fused-ring (bicyclic) bond motifs is 9. The van der Waals surface area contributed by atoms with E-state index < -0.39 is 0 Å². The number of aryl methyl sites for hydroxylation is 3. The van der Waals surface area contributed by atoms with E-state index in [-0.39, 0.29) is 59.4 Å². The maximum atomic E-state index is 2.26. The van der Waals surface area contributed by atoms with E-state index in [9.17, 15) is 0 Å². The second-order valence-electron chi connectivity index (χ2n) is 12.0. The zero-order chi connectivity index (χ0) is 30.8. The molecule has 9 aromatic rings. The van der Waals surface area contributed by atoms with Crippen LogP contribution < -0.4 is 0 Å². The van der Waals surface area contributed by atoms with Gasteiger partial charge in [0.1, 0.15) is 0 Å². The van der Waals surface area contributed by atoms with Crippen molar-refractivity contribution in [3.05, 3.63) is 180 Å². The minimum atomic E-state index is 0. The monoisotopic (exact) mass is 705 g/mol. The van der Waals surface area contributed by atoms with Gasteiger partial charge >= 0.3 is 0 Å². The van der Waals surface area contributed by atoms with E-state index in [0.29, 0.717) is 0 Å². The minimum absolute atomic E-state index is 0. The Labute approximate surface area is 324 Å². The summed E-state index contributed by atoms with van der Waals surface area (Å²) in [5.41, 5.74) is 3.98. The highest BCUT2D eigenvalue weighted by molar-refractivity contribution is 6.09. The largest absolute Gasteiger partial charge is 0.0776 e. The Bertz CT molecular complexity index is 2420. The van der Waals surface area contributed by atoms with Gasteiger partial charge in [-0.15, -0.1) is 0 Å². The van der Waals surface area contributed by atoms with Gasteiger partial charge in [-0.1, -0.05) is 234 Å². The number of hydrogen-bond acceptors (Lipinski definition) is 0. The summed E-state index contributed by atoms with van der Waals surface area (Å²) in [6.07, 6.45) is 0. The Hall–Kier alpha value is -5.46. The van der Waals surface area contributed by atoms with Crippen LogP contribution in [0.1, 0.15) is 76.1 Å². The summed E-state index contributed by atoms with van der Waals surface area (Å²) in [6.45, 7) is 6.44. The van der Waals surface area contributed by atoms with Crippen LogP contribution in [0.25, 0.3) is 64.6 Å². The van der Waals surface area contributed by atoms with Gasteiger partial charge < -0.3 is 0 Å². The van der Waals surface area contributed by atoms with Crippen LogP contribution in [-0.2, 0) is 0 Å². The van der Waals surface area contributed by atoms with Crippen LogP contribution in [0, 0.1) is 20.8 Å². The highest BCUT2D eigenvalue weighted by Crippen LogP contribution is 2.28. The van der Waals surface area contributed by atoms with Crippen molar-refractivity contribution in [2.24, 2.45) is 0 Å². The lowest BCUT2D eigenvalue weighted by Gasteiger charge is -2.05. The molecule has 0 aliphatic rings. The molecule has 53 heavy (non-hydrogen) atoms. The van der Waals surface area contributed by atoms with Crippen molar-refractivity contribution in [1.29, 1.82) is 0 Å². The predicted molar refractivity (Wildman–Crippen MR) is 252 cm³/mol. The topological polar surface area (TPSA) is 0 Å². The van der Waals surface area contributed by atoms with Crippen molar-refractivity contribution < 1.29 is 0 Å². The summed E-state index contributed by atoms with van der Waals surface area (Å²) in [6, 6.07) is 58.5. The van der Waals surface area contributed by atoms with Crippen LogP contribution >= 0.6 is 0 Å². The van der Waals surface area contributed by atoms with Crippen molar-refractivity contribution in [3.8, 4) is 0 Å². The van der Waals surface area contributed by atoms with Crippen molar-refractivity contribution in [2.45, 2.75) is 80.2 Å². The third kappa shape index (κ3) is 10.3. The van der Waals surface area contributed by atoms with Crippen LogP contribution in [0.4, 0.5) is 0 Å². The molecule has 9 aromatic carbocycles. The van der Waals surface area contributed by atoms with Gasteiger partial charge in [-0.05, 0) is 91.0 Å². The third-order valence-electron chi connectivity index (χ3n) is 8.81. The van der Waals surface area contributed by atoms with Gasteiger partial charge in [0.2, 0.25) is 0 Å². The molecular weight excluding hydrogens is 637 g/mol. The Morgan fingerprint density at radius 2 is 0.566 bits per heavy atom. The summed E-state index contributed by atoms with van der Waals surface area (Å²) in [5, 5.41) is 16.0. The molecular formula is C53H68.